The first-order valence-electron chi connectivity index (χ1n) is 4.49. The number of aryl methyl sites for hydroxylation is 1. The average Bonchev–Trinajstić information content (AvgIpc) is 2.26. The van der Waals surface area contributed by atoms with Crippen LogP contribution in [-0.4, -0.2) is 12.4 Å². The van der Waals surface area contributed by atoms with Crippen molar-refractivity contribution in [2.24, 2.45) is 0 Å². The van der Waals surface area contributed by atoms with Gasteiger partial charge in [0.25, 0.3) is 0 Å². The number of nitrogens with zero attached hydrogens (tertiary/aromatic N) is 1. The van der Waals surface area contributed by atoms with E-state index in [-0.39, 0.29) is 0 Å². The first kappa shape index (κ1) is 11.5. The van der Waals surface area contributed by atoms with Crippen molar-refractivity contribution in [3.8, 4) is 23.0 Å². The van der Waals surface area contributed by atoms with E-state index in [2.05, 4.69) is 11.8 Å². The predicted molar refractivity (Wildman–Crippen MR) is 62.5 cm³/mol. The van der Waals surface area contributed by atoms with E-state index in [0.717, 1.165) is 17.5 Å². The van der Waals surface area contributed by atoms with Crippen molar-refractivity contribution in [2.45, 2.75) is 6.92 Å². The largest absolute Gasteiger partial charge is 0.481 e. The Hall–Kier alpha value is -1.58. The fraction of sp³-hybridized carbons (Fsp3) is 0.250. The van der Waals surface area contributed by atoms with Crippen LogP contribution in [0.3, 0.4) is 0 Å². The summed E-state index contributed by atoms with van der Waals surface area (Å²) in [4.78, 5) is 0. The molecule has 1 aromatic carbocycles. The molecule has 0 bridgehead atoms. The number of thioether (sulfide) groups is 1. The highest BCUT2D eigenvalue weighted by molar-refractivity contribution is 8.03. The minimum absolute atomic E-state index is 0.370. The summed E-state index contributed by atoms with van der Waals surface area (Å²) < 4.78 is 5.38. The maximum absolute atomic E-state index is 8.24. The molecule has 0 radical (unpaired) electrons. The number of benzene rings is 1. The van der Waals surface area contributed by atoms with E-state index in [9.17, 15) is 0 Å². The van der Waals surface area contributed by atoms with Crippen molar-refractivity contribution in [3.63, 3.8) is 0 Å². The molecule has 0 spiro atoms. The van der Waals surface area contributed by atoms with Crippen LogP contribution in [-0.2, 0) is 0 Å². The van der Waals surface area contributed by atoms with Gasteiger partial charge in [-0.15, -0.1) is 0 Å². The fourth-order valence-electron chi connectivity index (χ4n) is 0.924. The Bertz CT molecular complexity index is 394. The van der Waals surface area contributed by atoms with Crippen molar-refractivity contribution < 1.29 is 4.74 Å². The molecule has 1 rings (SSSR count). The van der Waals surface area contributed by atoms with Crippen molar-refractivity contribution in [3.05, 3.63) is 29.8 Å². The van der Waals surface area contributed by atoms with Crippen LogP contribution in [0.1, 0.15) is 5.56 Å². The van der Waals surface area contributed by atoms with E-state index in [1.165, 1.54) is 5.56 Å². The molecule has 0 N–H and O–H groups in total. The van der Waals surface area contributed by atoms with Crippen molar-refractivity contribution in [1.82, 2.24) is 0 Å². The van der Waals surface area contributed by atoms with Crippen LogP contribution in [0.4, 0.5) is 0 Å². The molecular formula is C12H11NOS. The molecule has 0 atom stereocenters. The lowest BCUT2D eigenvalue weighted by Gasteiger charge is -2.01. The molecule has 1 aromatic rings. The highest BCUT2D eigenvalue weighted by Gasteiger charge is 1.89. The van der Waals surface area contributed by atoms with Gasteiger partial charge in [0.05, 0.1) is 5.75 Å². The number of hydrogen-bond acceptors (Lipinski definition) is 3. The molecule has 0 amide bonds. The summed E-state index contributed by atoms with van der Waals surface area (Å²) in [6.07, 6.45) is 0. The lowest BCUT2D eigenvalue weighted by molar-refractivity contribution is 0.370. The van der Waals surface area contributed by atoms with Crippen molar-refractivity contribution in [1.29, 1.82) is 5.26 Å². The van der Waals surface area contributed by atoms with Gasteiger partial charge in [-0.1, -0.05) is 29.5 Å². The monoisotopic (exact) mass is 217 g/mol. The van der Waals surface area contributed by atoms with Gasteiger partial charge >= 0.3 is 0 Å². The first-order valence-corrected chi connectivity index (χ1v) is 5.47. The molecule has 3 heteroatoms. The van der Waals surface area contributed by atoms with Crippen LogP contribution >= 0.6 is 11.8 Å². The fourth-order valence-corrected chi connectivity index (χ4v) is 1.16. The Morgan fingerprint density at radius 1 is 1.27 bits per heavy atom. The molecule has 0 unspecified atom stereocenters. The molecule has 0 fully saturated rings. The molecule has 0 saturated carbocycles. The summed E-state index contributed by atoms with van der Waals surface area (Å²) in [5.41, 5.74) is 1.21. The molecule has 0 saturated heterocycles. The molecule has 0 aliphatic heterocycles. The summed E-state index contributed by atoms with van der Waals surface area (Å²) in [6.45, 7) is 2.40. The van der Waals surface area contributed by atoms with E-state index in [4.69, 9.17) is 10.00 Å². The van der Waals surface area contributed by atoms with Gasteiger partial charge in [0.2, 0.25) is 0 Å². The van der Waals surface area contributed by atoms with Crippen LogP contribution in [0.15, 0.2) is 24.3 Å². The standard InChI is InChI=1S/C12H11NOS/c1-11-4-6-12(7-5-11)14-8-2-3-9-15-10-13/h4-7H,8-9H2,1H3. The lowest BCUT2D eigenvalue weighted by atomic mass is 10.2. The molecule has 76 valence electrons. The van der Waals surface area contributed by atoms with E-state index >= 15 is 0 Å². The van der Waals surface area contributed by atoms with Gasteiger partial charge in [-0.05, 0) is 30.8 Å². The summed E-state index contributed by atoms with van der Waals surface area (Å²) in [7, 11) is 0. The predicted octanol–water partition coefficient (Wildman–Crippen LogP) is 2.59. The highest BCUT2D eigenvalue weighted by Crippen LogP contribution is 2.10. The summed E-state index contributed by atoms with van der Waals surface area (Å²) in [5.74, 6) is 7.03. The third-order valence-electron chi connectivity index (χ3n) is 1.67. The number of rotatable bonds is 3. The van der Waals surface area contributed by atoms with Gasteiger partial charge in [0, 0.05) is 0 Å². The van der Waals surface area contributed by atoms with Crippen LogP contribution < -0.4 is 4.74 Å². The van der Waals surface area contributed by atoms with Gasteiger partial charge in [-0.2, -0.15) is 5.26 Å². The van der Waals surface area contributed by atoms with Crippen LogP contribution in [0.2, 0.25) is 0 Å². The molecule has 0 heterocycles. The van der Waals surface area contributed by atoms with Crippen molar-refractivity contribution >= 4 is 11.8 Å². The zero-order valence-corrected chi connectivity index (χ0v) is 9.30. The van der Waals surface area contributed by atoms with E-state index in [1.54, 1.807) is 0 Å². The second kappa shape index (κ2) is 6.81. The second-order valence-electron chi connectivity index (χ2n) is 2.84. The minimum atomic E-state index is 0.370. The Kier molecular flexibility index (Phi) is 5.22. The van der Waals surface area contributed by atoms with Crippen LogP contribution in [0.5, 0.6) is 5.75 Å². The molecule has 0 aliphatic carbocycles. The second-order valence-corrected chi connectivity index (χ2v) is 3.60. The third-order valence-corrected chi connectivity index (χ3v) is 2.08. The van der Waals surface area contributed by atoms with Crippen LogP contribution in [0.25, 0.3) is 0 Å². The smallest absolute Gasteiger partial charge is 0.149 e. The Labute approximate surface area is 94.2 Å². The summed E-state index contributed by atoms with van der Waals surface area (Å²) in [6, 6.07) is 7.82. The lowest BCUT2D eigenvalue weighted by Crippen LogP contribution is -1.93. The number of thiocyanates is 1. The zero-order valence-electron chi connectivity index (χ0n) is 8.49. The third kappa shape index (κ3) is 5.00. The van der Waals surface area contributed by atoms with E-state index < -0.39 is 0 Å². The summed E-state index contributed by atoms with van der Waals surface area (Å²) >= 11 is 1.13. The van der Waals surface area contributed by atoms with E-state index in [0.29, 0.717) is 12.4 Å². The van der Waals surface area contributed by atoms with Gasteiger partial charge in [-0.3, -0.25) is 0 Å². The summed E-state index contributed by atoms with van der Waals surface area (Å²) in [5, 5.41) is 10.2. The zero-order chi connectivity index (χ0) is 10.9. The van der Waals surface area contributed by atoms with E-state index in [1.807, 2.05) is 36.6 Å². The number of ether oxygens (including phenoxy) is 1. The van der Waals surface area contributed by atoms with Gasteiger partial charge in [-0.25, -0.2) is 0 Å². The molecule has 2 nitrogen and oxygen atoms in total. The van der Waals surface area contributed by atoms with Crippen LogP contribution in [0, 0.1) is 29.4 Å². The molecular weight excluding hydrogens is 206 g/mol. The van der Waals surface area contributed by atoms with Gasteiger partial charge in [0.1, 0.15) is 17.8 Å². The Balaban J connectivity index is 2.28. The average molecular weight is 217 g/mol. The minimum Gasteiger partial charge on any atom is -0.481 e. The molecule has 0 aromatic heterocycles. The molecule has 0 aliphatic rings. The van der Waals surface area contributed by atoms with Gasteiger partial charge < -0.3 is 4.74 Å². The maximum Gasteiger partial charge on any atom is 0.149 e. The first-order chi connectivity index (χ1) is 7.33. The van der Waals surface area contributed by atoms with Crippen molar-refractivity contribution in [2.75, 3.05) is 12.4 Å². The Morgan fingerprint density at radius 3 is 2.67 bits per heavy atom. The SMILES string of the molecule is Cc1ccc(OCC#CCSC#N)cc1. The molecule has 15 heavy (non-hydrogen) atoms. The number of hydrogen-bond donors (Lipinski definition) is 0. The number of nitriles is 1. The Morgan fingerprint density at radius 2 is 2.00 bits per heavy atom. The maximum atomic E-state index is 8.24. The normalized spacial score (nSPS) is 8.53. The quantitative estimate of drug-likeness (QED) is 0.443. The van der Waals surface area contributed by atoms with Gasteiger partial charge in [0.15, 0.2) is 0 Å². The topological polar surface area (TPSA) is 33.0 Å². The highest BCUT2D eigenvalue weighted by atomic mass is 32.2.